The predicted octanol–water partition coefficient (Wildman–Crippen LogP) is -2.67. The molecule has 304 valence electrons. The van der Waals surface area contributed by atoms with Gasteiger partial charge in [0.2, 0.25) is 35.4 Å². The lowest BCUT2D eigenvalue weighted by atomic mass is 10.0. The molecule has 0 aliphatic heterocycles. The van der Waals surface area contributed by atoms with Crippen LogP contribution in [0.3, 0.4) is 0 Å². The summed E-state index contributed by atoms with van der Waals surface area (Å²) in [5.74, 6) is -6.81. The summed E-state index contributed by atoms with van der Waals surface area (Å²) in [7, 11) is 0. The maximum Gasteiger partial charge on any atom is 0.326 e. The number of benzene rings is 1. The Labute approximate surface area is 315 Å². The van der Waals surface area contributed by atoms with Gasteiger partial charge in [-0.3, -0.25) is 28.8 Å². The Morgan fingerprint density at radius 3 is 1.54 bits per heavy atom. The Hall–Kier alpha value is -4.85. The zero-order valence-corrected chi connectivity index (χ0v) is 31.2. The minimum absolute atomic E-state index is 0.0448. The fourth-order valence-electron chi connectivity index (χ4n) is 5.30. The fourth-order valence-corrected chi connectivity index (χ4v) is 5.30. The highest BCUT2D eigenvalue weighted by Gasteiger charge is 2.35. The second-order valence-electron chi connectivity index (χ2n) is 13.5. The van der Waals surface area contributed by atoms with Gasteiger partial charge in [-0.1, -0.05) is 26.0 Å². The van der Waals surface area contributed by atoms with Crippen molar-refractivity contribution < 1.29 is 48.9 Å². The number of amides is 6. The van der Waals surface area contributed by atoms with Crippen molar-refractivity contribution in [2.45, 2.75) is 121 Å². The summed E-state index contributed by atoms with van der Waals surface area (Å²) in [4.78, 5) is 90.1. The van der Waals surface area contributed by atoms with Crippen molar-refractivity contribution in [3.05, 3.63) is 29.8 Å². The van der Waals surface area contributed by atoms with Gasteiger partial charge in [-0.15, -0.1) is 0 Å². The van der Waals surface area contributed by atoms with Crippen LogP contribution in [0.2, 0.25) is 0 Å². The Morgan fingerprint density at radius 1 is 0.648 bits per heavy atom. The molecule has 19 nitrogen and oxygen atoms in total. The van der Waals surface area contributed by atoms with Crippen LogP contribution < -0.4 is 49.5 Å². The van der Waals surface area contributed by atoms with E-state index in [-0.39, 0.29) is 44.4 Å². The van der Waals surface area contributed by atoms with Crippen LogP contribution in [0.5, 0.6) is 5.75 Å². The van der Waals surface area contributed by atoms with Crippen molar-refractivity contribution in [3.63, 3.8) is 0 Å². The fraction of sp³-hybridized carbons (Fsp3) is 0.629. The number of carbonyl (C=O) groups is 7. The van der Waals surface area contributed by atoms with Gasteiger partial charge < -0.3 is 64.8 Å². The first kappa shape index (κ1) is 47.2. The van der Waals surface area contributed by atoms with E-state index in [1.807, 2.05) is 0 Å². The van der Waals surface area contributed by atoms with Gasteiger partial charge in [0.25, 0.3) is 0 Å². The SMILES string of the molecule is CC(C)[C@H](NC(=O)[C@H](CCC(N)=O)NC(=O)[C@@H](NC(=O)[C@H](CCCCN)NC(=O)[C@H](CCCCN)NC(=O)[C@@H](N)Cc1ccc(O)cc1)[C@@H](C)O)C(=O)O. The topological polar surface area (TPSA) is 344 Å². The monoisotopic (exact) mass is 765 g/mol. The van der Waals surface area contributed by atoms with Gasteiger partial charge in [-0.2, -0.15) is 0 Å². The molecule has 0 aliphatic carbocycles. The minimum atomic E-state index is -1.67. The molecule has 0 heterocycles. The van der Waals surface area contributed by atoms with Crippen molar-refractivity contribution >= 4 is 41.4 Å². The number of aromatic hydroxyl groups is 1. The molecule has 0 bridgehead atoms. The molecule has 19 heteroatoms. The number of carboxylic acid groups (broad SMARTS) is 1. The third-order valence-electron chi connectivity index (χ3n) is 8.49. The number of phenols is 1. The highest BCUT2D eigenvalue weighted by atomic mass is 16.4. The molecule has 0 radical (unpaired) electrons. The zero-order chi connectivity index (χ0) is 41.0. The highest BCUT2D eigenvalue weighted by Crippen LogP contribution is 2.12. The van der Waals surface area contributed by atoms with E-state index in [0.29, 0.717) is 37.8 Å². The van der Waals surface area contributed by atoms with E-state index in [4.69, 9.17) is 22.9 Å². The van der Waals surface area contributed by atoms with E-state index in [2.05, 4.69) is 26.6 Å². The predicted molar refractivity (Wildman–Crippen MR) is 198 cm³/mol. The zero-order valence-electron chi connectivity index (χ0n) is 31.2. The standard InChI is InChI=1S/C35H59N9O10/c1-19(2)28(35(53)54)43-33(51)26(14-15-27(39)47)42-34(52)29(20(3)45)44-32(50)25(9-5-7-17-37)41-31(49)24(8-4-6-16-36)40-30(48)23(38)18-21-10-12-22(46)13-11-21/h10-13,19-20,23-26,28-29,45-46H,4-9,14-18,36-38H2,1-3H3,(H2,39,47)(H,40,48)(H,41,49)(H,42,52)(H,43,51)(H,44,50)(H,53,54)/t20-,23+,24+,25+,26+,28+,29+/m1/s1. The Bertz CT molecular complexity index is 1390. The van der Waals surface area contributed by atoms with Gasteiger partial charge in [-0.25, -0.2) is 4.79 Å². The summed E-state index contributed by atoms with van der Waals surface area (Å²) in [6.07, 6.45) is -0.0372. The van der Waals surface area contributed by atoms with Crippen LogP contribution >= 0.6 is 0 Å². The third kappa shape index (κ3) is 17.3. The molecule has 0 spiro atoms. The maximum atomic E-state index is 13.7. The number of rotatable bonds is 26. The number of nitrogens with one attached hydrogen (secondary N) is 5. The normalized spacial score (nSPS) is 15.0. The van der Waals surface area contributed by atoms with Crippen molar-refractivity contribution in [2.75, 3.05) is 13.1 Å². The first-order chi connectivity index (χ1) is 25.4. The van der Waals surface area contributed by atoms with Crippen LogP contribution in [0.1, 0.15) is 77.7 Å². The van der Waals surface area contributed by atoms with E-state index in [1.165, 1.54) is 19.1 Å². The number of aliphatic carboxylic acids is 1. The smallest absolute Gasteiger partial charge is 0.326 e. The molecule has 0 aliphatic rings. The van der Waals surface area contributed by atoms with Crippen molar-refractivity contribution in [1.82, 2.24) is 26.6 Å². The summed E-state index contributed by atoms with van der Waals surface area (Å²) in [6, 6.07) is -1.79. The van der Waals surface area contributed by atoms with Crippen LogP contribution in [-0.2, 0) is 40.0 Å². The number of aliphatic hydroxyl groups is 1. The second-order valence-corrected chi connectivity index (χ2v) is 13.5. The van der Waals surface area contributed by atoms with E-state index in [0.717, 1.165) is 0 Å². The van der Waals surface area contributed by atoms with E-state index in [1.54, 1.807) is 26.0 Å². The molecule has 0 aromatic heterocycles. The van der Waals surface area contributed by atoms with E-state index in [9.17, 15) is 48.9 Å². The van der Waals surface area contributed by atoms with Gasteiger partial charge in [0.15, 0.2) is 0 Å². The lowest BCUT2D eigenvalue weighted by Crippen LogP contribution is -2.61. The maximum absolute atomic E-state index is 13.7. The molecule has 1 aromatic carbocycles. The molecule has 7 atom stereocenters. The first-order valence-corrected chi connectivity index (χ1v) is 18.1. The molecule has 0 fully saturated rings. The number of hydrogen-bond donors (Lipinski definition) is 12. The number of phenolic OH excluding ortho intramolecular Hbond substituents is 1. The van der Waals surface area contributed by atoms with Crippen LogP contribution in [0.15, 0.2) is 24.3 Å². The summed E-state index contributed by atoms with van der Waals surface area (Å²) >= 11 is 0. The number of unbranched alkanes of at least 4 members (excludes halogenated alkanes) is 2. The second kappa shape index (κ2) is 24.5. The van der Waals surface area contributed by atoms with Gasteiger partial charge in [-0.05, 0) is 95.0 Å². The average Bonchev–Trinajstić information content (AvgIpc) is 3.10. The van der Waals surface area contributed by atoms with Crippen molar-refractivity contribution in [3.8, 4) is 5.75 Å². The molecular weight excluding hydrogens is 706 g/mol. The molecule has 0 unspecified atom stereocenters. The third-order valence-corrected chi connectivity index (χ3v) is 8.49. The largest absolute Gasteiger partial charge is 0.508 e. The Morgan fingerprint density at radius 2 is 1.09 bits per heavy atom. The molecule has 1 rings (SSSR count). The highest BCUT2D eigenvalue weighted by molar-refractivity contribution is 5.96. The average molecular weight is 766 g/mol. The number of hydrogen-bond acceptors (Lipinski definition) is 12. The quantitative estimate of drug-likeness (QED) is 0.0429. The van der Waals surface area contributed by atoms with Crippen LogP contribution in [-0.4, -0.2) is 112 Å². The summed E-state index contributed by atoms with van der Waals surface area (Å²) in [5, 5.41) is 41.9. The first-order valence-electron chi connectivity index (χ1n) is 18.1. The molecule has 6 amide bonds. The van der Waals surface area contributed by atoms with E-state index >= 15 is 0 Å². The van der Waals surface area contributed by atoms with Gasteiger partial charge in [0, 0.05) is 6.42 Å². The number of primary amides is 1. The number of carbonyl (C=O) groups excluding carboxylic acids is 6. The van der Waals surface area contributed by atoms with Crippen LogP contribution in [0.25, 0.3) is 0 Å². The number of aliphatic hydroxyl groups excluding tert-OH is 1. The lowest BCUT2D eigenvalue weighted by Gasteiger charge is -2.28. The minimum Gasteiger partial charge on any atom is -0.508 e. The summed E-state index contributed by atoms with van der Waals surface area (Å²) in [6.45, 7) is 4.94. The van der Waals surface area contributed by atoms with Crippen molar-refractivity contribution in [1.29, 1.82) is 0 Å². The van der Waals surface area contributed by atoms with E-state index < -0.39 is 89.7 Å². The van der Waals surface area contributed by atoms with Crippen LogP contribution in [0.4, 0.5) is 0 Å². The Kier molecular flexibility index (Phi) is 21.4. The molecule has 0 saturated heterocycles. The Balaban J connectivity index is 3.23. The molecule has 16 N–H and O–H groups in total. The molecule has 1 aromatic rings. The summed E-state index contributed by atoms with van der Waals surface area (Å²) in [5.41, 5.74) is 23.3. The molecule has 54 heavy (non-hydrogen) atoms. The summed E-state index contributed by atoms with van der Waals surface area (Å²) < 4.78 is 0. The number of carboxylic acids is 1. The molecular formula is C35H59N9O10. The van der Waals surface area contributed by atoms with Crippen molar-refractivity contribution in [2.24, 2.45) is 28.9 Å². The van der Waals surface area contributed by atoms with Crippen LogP contribution in [0, 0.1) is 5.92 Å². The van der Waals surface area contributed by atoms with Gasteiger partial charge in [0.05, 0.1) is 12.1 Å². The van der Waals surface area contributed by atoms with Gasteiger partial charge >= 0.3 is 5.97 Å². The molecule has 0 saturated carbocycles. The lowest BCUT2D eigenvalue weighted by molar-refractivity contribution is -0.143. The van der Waals surface area contributed by atoms with Gasteiger partial charge in [0.1, 0.15) is 36.0 Å². The number of nitrogens with two attached hydrogens (primary N) is 4.